The summed E-state index contributed by atoms with van der Waals surface area (Å²) in [5, 5.41) is 13.7. The first kappa shape index (κ1) is 68.1. The van der Waals surface area contributed by atoms with E-state index >= 15 is 0 Å². The van der Waals surface area contributed by atoms with Crippen LogP contribution >= 0.6 is 11.6 Å². The Kier molecular flexibility index (Phi) is 26.0. The van der Waals surface area contributed by atoms with E-state index in [1.54, 1.807) is 78.3 Å². The number of rotatable bonds is 30. The number of esters is 1. The SMILES string of the molecule is C/C=C(\C)Cc1cc(OC)c(Cl)c(N(C)C(=O)C[C@H](OC(=O)[C@H](C)N(C)C(=O)OCc2ccc(NC(=O)[C@H](CCCNC(N)=O)NC(=O)[C@@H](NC(=O)CCCC[C](=O)[Al])C(C)C)cc2)[C@@]2(C)C[C@](C)([C@@H]3CC(C(C)OC)NC(=O)O3)O2)c1. The predicted octanol–water partition coefficient (Wildman–Crippen LogP) is 5.89. The summed E-state index contributed by atoms with van der Waals surface area (Å²) in [5.74, 6) is -2.89. The van der Waals surface area contributed by atoms with E-state index in [9.17, 15) is 43.2 Å². The van der Waals surface area contributed by atoms with Crippen LogP contribution in [0.1, 0.15) is 124 Å². The molecular formula is C57H82AlClN8O15. The summed E-state index contributed by atoms with van der Waals surface area (Å²) in [7, 11) is 5.93. The topological polar surface area (TPSA) is 302 Å². The Balaban J connectivity index is 1.46. The van der Waals surface area contributed by atoms with Gasteiger partial charge in [0.2, 0.25) is 39.9 Å². The normalized spacial score (nSPS) is 20.4. The van der Waals surface area contributed by atoms with E-state index in [-0.39, 0.29) is 78.9 Å². The third-order valence-electron chi connectivity index (χ3n) is 14.9. The highest BCUT2D eigenvalue weighted by atomic mass is 35.5. The molecule has 4 rings (SSSR count). The van der Waals surface area contributed by atoms with E-state index in [0.29, 0.717) is 54.8 Å². The van der Waals surface area contributed by atoms with Gasteiger partial charge in [-0.25, -0.2) is 19.2 Å². The van der Waals surface area contributed by atoms with E-state index in [2.05, 4.69) is 42.9 Å². The Morgan fingerprint density at radius 2 is 1.61 bits per heavy atom. The first-order chi connectivity index (χ1) is 38.5. The zero-order valence-electron chi connectivity index (χ0n) is 49.2. The zero-order chi connectivity index (χ0) is 61.2. The van der Waals surface area contributed by atoms with Crippen LogP contribution in [-0.2, 0) is 65.5 Å². The van der Waals surface area contributed by atoms with Crippen molar-refractivity contribution in [2.24, 2.45) is 11.7 Å². The number of allylic oxidation sites excluding steroid dienone is 2. The molecule has 25 heteroatoms. The summed E-state index contributed by atoms with van der Waals surface area (Å²) in [6.07, 6.45) is 0.659. The van der Waals surface area contributed by atoms with Gasteiger partial charge in [-0.3, -0.25) is 24.1 Å². The van der Waals surface area contributed by atoms with Crippen molar-refractivity contribution in [3.05, 3.63) is 64.2 Å². The molecule has 0 bridgehead atoms. The molecule has 2 aliphatic heterocycles. The number of carbonyl (C=O) groups is 9. The van der Waals surface area contributed by atoms with Gasteiger partial charge in [-0.05, 0) is 121 Å². The molecular weight excluding hydrogens is 1100 g/mol. The number of amides is 8. The number of unbranched alkanes of at least 4 members (excludes halogenated alkanes) is 1. The van der Waals surface area contributed by atoms with Gasteiger partial charge in [0.15, 0.2) is 0 Å². The quantitative estimate of drug-likeness (QED) is 0.0175. The second-order valence-corrected chi connectivity index (χ2v) is 22.8. The van der Waals surface area contributed by atoms with E-state index in [4.69, 9.17) is 45.8 Å². The monoisotopic (exact) mass is 1180 g/mol. The number of nitrogens with zero attached hydrogens (tertiary/aromatic N) is 2. The highest BCUT2D eigenvalue weighted by Gasteiger charge is 2.62. The van der Waals surface area contributed by atoms with Crippen LogP contribution in [0.5, 0.6) is 5.75 Å². The van der Waals surface area contributed by atoms with Gasteiger partial charge in [0.05, 0.1) is 31.4 Å². The van der Waals surface area contributed by atoms with Crippen molar-refractivity contribution in [1.29, 1.82) is 0 Å². The second-order valence-electron chi connectivity index (χ2n) is 21.7. The average molecular weight is 1180 g/mol. The molecule has 8 amide bonds. The molecule has 0 spiro atoms. The predicted molar refractivity (Wildman–Crippen MR) is 307 cm³/mol. The van der Waals surface area contributed by atoms with E-state index in [1.807, 2.05) is 26.8 Å². The highest BCUT2D eigenvalue weighted by molar-refractivity contribution is 6.57. The van der Waals surface area contributed by atoms with Crippen LogP contribution in [0.3, 0.4) is 0 Å². The molecule has 9 atom stereocenters. The van der Waals surface area contributed by atoms with Crippen LogP contribution < -0.4 is 42.0 Å². The Hall–Kier alpha value is -6.45. The number of halogens is 1. The van der Waals surface area contributed by atoms with Gasteiger partial charge in [-0.15, -0.1) is 0 Å². The van der Waals surface area contributed by atoms with E-state index < -0.39 is 83.4 Å². The molecule has 0 aromatic heterocycles. The van der Waals surface area contributed by atoms with Crippen LogP contribution in [0.25, 0.3) is 0 Å². The Bertz CT molecular complexity index is 2630. The minimum atomic E-state index is -1.29. The Morgan fingerprint density at radius 3 is 2.21 bits per heavy atom. The lowest BCUT2D eigenvalue weighted by molar-refractivity contribution is -0.322. The first-order valence-electron chi connectivity index (χ1n) is 27.4. The minimum absolute atomic E-state index is 0.0619. The lowest BCUT2D eigenvalue weighted by Crippen LogP contribution is -2.70. The molecule has 23 nitrogen and oxygen atoms in total. The number of benzene rings is 2. The maximum Gasteiger partial charge on any atom is 0.410 e. The third-order valence-corrected chi connectivity index (χ3v) is 15.5. The van der Waals surface area contributed by atoms with Crippen LogP contribution in [0.4, 0.5) is 25.8 Å². The summed E-state index contributed by atoms with van der Waals surface area (Å²) >= 11 is 8.90. The number of nitrogens with one attached hydrogen (secondary N) is 5. The number of urea groups is 1. The average Bonchev–Trinajstić information content (AvgIpc) is 2.77. The van der Waals surface area contributed by atoms with Crippen molar-refractivity contribution < 1.29 is 71.6 Å². The molecule has 2 radical (unpaired) electrons. The van der Waals surface area contributed by atoms with Gasteiger partial charge in [0.25, 0.3) is 0 Å². The van der Waals surface area contributed by atoms with E-state index in [0.717, 1.165) is 16.0 Å². The van der Waals surface area contributed by atoms with Gasteiger partial charge in [-0.2, -0.15) is 0 Å². The molecule has 2 aromatic rings. The number of cyclic esters (lactones) is 1. The maximum atomic E-state index is 14.4. The number of alkyl carbamates (subject to hydrolysis) is 1. The Morgan fingerprint density at radius 1 is 0.951 bits per heavy atom. The van der Waals surface area contributed by atoms with Gasteiger partial charge >= 0.3 is 24.2 Å². The van der Waals surface area contributed by atoms with Crippen molar-refractivity contribution in [1.82, 2.24) is 26.2 Å². The highest BCUT2D eigenvalue weighted by Crippen LogP contribution is 2.50. The number of carbonyl (C=O) groups excluding carboxylic acids is 9. The van der Waals surface area contributed by atoms with Crippen molar-refractivity contribution in [3.63, 3.8) is 0 Å². The number of likely N-dealkylation sites (N-methyl/N-ethyl adjacent to an activating group) is 1. The molecule has 2 heterocycles. The van der Waals surface area contributed by atoms with Crippen LogP contribution in [0.2, 0.25) is 5.02 Å². The van der Waals surface area contributed by atoms with Gasteiger partial charge < -0.3 is 70.4 Å². The van der Waals surface area contributed by atoms with Crippen molar-refractivity contribution in [2.45, 2.75) is 180 Å². The molecule has 450 valence electrons. The molecule has 82 heavy (non-hydrogen) atoms. The fourth-order valence-corrected chi connectivity index (χ4v) is 10.1. The number of anilines is 2. The Labute approximate surface area is 493 Å². The third kappa shape index (κ3) is 19.6. The molecule has 2 unspecified atom stereocenters. The van der Waals surface area contributed by atoms with Crippen LogP contribution in [0, 0.1) is 5.92 Å². The number of hydrogen-bond acceptors (Lipinski definition) is 15. The number of ether oxygens (including phenoxy) is 6. The number of methoxy groups -OCH3 is 2. The molecule has 7 N–H and O–H groups in total. The minimum Gasteiger partial charge on any atom is -0.495 e. The number of primary amides is 1. The molecule has 2 aliphatic rings. The summed E-state index contributed by atoms with van der Waals surface area (Å²) in [6, 6.07) is 5.49. The van der Waals surface area contributed by atoms with Gasteiger partial charge in [-0.1, -0.05) is 49.2 Å². The summed E-state index contributed by atoms with van der Waals surface area (Å²) < 4.78 is 35.1. The molecule has 2 aromatic carbocycles. The fraction of sp³-hybridized carbons (Fsp3) is 0.596. The van der Waals surface area contributed by atoms with Crippen LogP contribution in [0.15, 0.2) is 48.0 Å². The van der Waals surface area contributed by atoms with Crippen LogP contribution in [-0.4, -0.2) is 162 Å². The van der Waals surface area contributed by atoms with Gasteiger partial charge in [0.1, 0.15) is 58.9 Å². The zero-order valence-corrected chi connectivity index (χ0v) is 51.1. The van der Waals surface area contributed by atoms with Gasteiger partial charge in [0, 0.05) is 57.3 Å². The van der Waals surface area contributed by atoms with Crippen molar-refractivity contribution in [2.75, 3.05) is 45.1 Å². The smallest absolute Gasteiger partial charge is 0.410 e. The van der Waals surface area contributed by atoms with E-state index in [1.165, 1.54) is 26.0 Å². The second kappa shape index (κ2) is 31.3. The molecule has 0 saturated carbocycles. The summed E-state index contributed by atoms with van der Waals surface area (Å²) in [5.41, 5.74) is 6.01. The number of hydrogen-bond donors (Lipinski definition) is 6. The summed E-state index contributed by atoms with van der Waals surface area (Å²) in [4.78, 5) is 120. The lowest BCUT2D eigenvalue weighted by Gasteiger charge is -2.58. The van der Waals surface area contributed by atoms with Crippen molar-refractivity contribution in [3.8, 4) is 5.75 Å². The molecule has 0 aliphatic carbocycles. The molecule has 2 saturated heterocycles. The molecule has 2 fully saturated rings. The lowest BCUT2D eigenvalue weighted by atomic mass is 9.72. The largest absolute Gasteiger partial charge is 0.495 e. The number of nitrogens with two attached hydrogens (primary N) is 1. The maximum absolute atomic E-state index is 14.4. The fourth-order valence-electron chi connectivity index (χ4n) is 9.58. The standard InChI is InChI=1S/C57H82ClN8O15.Al/c1-13-34(4)26-38-27-42(48(58)43(28-38)77-12)66(10)47(69)30-45(57(8)32-56(7,81-57)44-29-41(36(6)76-11)63-54(74)80-44)79-52(72)35(5)65(9)55(75)78-31-37-20-22-39(23-21-37)61-50(70)40(18-17-24-60-53(59)73)62-51(71)49(33(2)3)64-46(68)19-15-14-16-25-67;/h13,20-23,27-28,33,35-36,40-41,44-45,49H,14-19,24,26,29-32H2,1-12H3,(H,61,70)(H,62,71)(H,63,74)(H,64,68)(H3,59,60,73);/b34-13+;/t35-,36?,40-,41?,44-,45-,49-,56+,57+;/m0./s1. The van der Waals surface area contributed by atoms with Crippen molar-refractivity contribution >= 4 is 91.7 Å². The summed E-state index contributed by atoms with van der Waals surface area (Å²) in [6.45, 7) is 14.0. The first-order valence-corrected chi connectivity index (χ1v) is 28.4.